The number of fused-ring (bicyclic) bond motifs is 1. The Hall–Kier alpha value is -2.28. The largest absolute Gasteiger partial charge is 0.347 e. The molecule has 0 radical (unpaired) electrons. The van der Waals surface area contributed by atoms with Crippen molar-refractivity contribution < 1.29 is 9.59 Å². The molecule has 6 nitrogen and oxygen atoms in total. The van der Waals surface area contributed by atoms with Crippen molar-refractivity contribution in [1.82, 2.24) is 15.3 Å². The van der Waals surface area contributed by atoms with Gasteiger partial charge in [-0.05, 0) is 25.1 Å². The van der Waals surface area contributed by atoms with Crippen LogP contribution in [0.5, 0.6) is 0 Å². The van der Waals surface area contributed by atoms with Gasteiger partial charge in [-0.3, -0.25) is 9.59 Å². The molecule has 0 aliphatic carbocycles. The first kappa shape index (κ1) is 13.7. The molecular weight excluding hydrogens is 288 g/mol. The fourth-order valence-corrected chi connectivity index (χ4v) is 2.88. The summed E-state index contributed by atoms with van der Waals surface area (Å²) in [7, 11) is 0. The van der Waals surface area contributed by atoms with Crippen LogP contribution in [0.3, 0.4) is 0 Å². The molecule has 1 aliphatic heterocycles. The number of aromatic nitrogens is 2. The number of benzene rings is 1. The second kappa shape index (κ2) is 5.61. The summed E-state index contributed by atoms with van der Waals surface area (Å²) in [5.74, 6) is 0.861. The Balaban J connectivity index is 1.76. The number of aromatic amines is 1. The smallest absolute Gasteiger partial charge is 0.251 e. The van der Waals surface area contributed by atoms with Crippen LogP contribution in [0.4, 0.5) is 5.69 Å². The lowest BCUT2D eigenvalue weighted by molar-refractivity contribution is -0.113. The lowest BCUT2D eigenvalue weighted by Gasteiger charge is -2.17. The third-order valence-electron chi connectivity index (χ3n) is 3.15. The van der Waals surface area contributed by atoms with Crippen molar-refractivity contribution in [1.29, 1.82) is 0 Å². The standard InChI is InChI=1S/C14H14N4O2S/c1-8(13-15-4-5-16-13)17-14(20)9-2-3-11-10(6-9)18-12(19)7-21-11/h2-6,8H,7H2,1H3,(H,15,16)(H,17,20)(H,18,19). The number of carbonyl (C=O) groups excluding carboxylic acids is 2. The molecule has 0 saturated heterocycles. The van der Waals surface area contributed by atoms with Gasteiger partial charge in [-0.25, -0.2) is 4.98 Å². The van der Waals surface area contributed by atoms with Gasteiger partial charge in [0.05, 0.1) is 17.5 Å². The highest BCUT2D eigenvalue weighted by atomic mass is 32.2. The minimum absolute atomic E-state index is 0.0472. The summed E-state index contributed by atoms with van der Waals surface area (Å²) in [6, 6.07) is 5.09. The van der Waals surface area contributed by atoms with E-state index in [0.29, 0.717) is 22.8 Å². The molecule has 1 aliphatic rings. The number of amides is 2. The van der Waals surface area contributed by atoms with Gasteiger partial charge in [0.25, 0.3) is 5.91 Å². The van der Waals surface area contributed by atoms with E-state index in [1.807, 2.05) is 13.0 Å². The van der Waals surface area contributed by atoms with Crippen molar-refractivity contribution in [2.24, 2.45) is 0 Å². The van der Waals surface area contributed by atoms with Crippen LogP contribution in [0, 0.1) is 0 Å². The summed E-state index contributed by atoms with van der Waals surface area (Å²) in [4.78, 5) is 31.7. The predicted molar refractivity (Wildman–Crippen MR) is 80.3 cm³/mol. The number of thioether (sulfide) groups is 1. The van der Waals surface area contributed by atoms with E-state index < -0.39 is 0 Å². The Morgan fingerprint density at radius 3 is 3.10 bits per heavy atom. The molecule has 21 heavy (non-hydrogen) atoms. The first-order chi connectivity index (χ1) is 10.1. The van der Waals surface area contributed by atoms with Crippen LogP contribution in [0.1, 0.15) is 29.1 Å². The van der Waals surface area contributed by atoms with Gasteiger partial charge in [-0.15, -0.1) is 11.8 Å². The van der Waals surface area contributed by atoms with Gasteiger partial charge in [0.15, 0.2) is 0 Å². The first-order valence-electron chi connectivity index (χ1n) is 6.50. The van der Waals surface area contributed by atoms with Gasteiger partial charge in [0.1, 0.15) is 5.82 Å². The maximum Gasteiger partial charge on any atom is 0.251 e. The van der Waals surface area contributed by atoms with Crippen molar-refractivity contribution in [2.45, 2.75) is 17.9 Å². The zero-order chi connectivity index (χ0) is 14.8. The van der Waals surface area contributed by atoms with Crippen molar-refractivity contribution in [3.05, 3.63) is 42.0 Å². The Kier molecular flexibility index (Phi) is 3.66. The quantitative estimate of drug-likeness (QED) is 0.808. The summed E-state index contributed by atoms with van der Waals surface area (Å²) in [6.07, 6.45) is 3.35. The minimum atomic E-state index is -0.215. The molecule has 0 fully saturated rings. The Bertz CT molecular complexity index is 684. The van der Waals surface area contributed by atoms with Gasteiger partial charge in [0, 0.05) is 22.9 Å². The van der Waals surface area contributed by atoms with Crippen LogP contribution in [0.15, 0.2) is 35.5 Å². The molecule has 0 bridgehead atoms. The molecule has 1 unspecified atom stereocenters. The molecule has 3 rings (SSSR count). The second-order valence-electron chi connectivity index (χ2n) is 4.72. The minimum Gasteiger partial charge on any atom is -0.347 e. The van der Waals surface area contributed by atoms with Crippen LogP contribution in [-0.2, 0) is 4.79 Å². The molecule has 1 aromatic heterocycles. The van der Waals surface area contributed by atoms with Crippen LogP contribution < -0.4 is 10.6 Å². The van der Waals surface area contributed by atoms with E-state index >= 15 is 0 Å². The molecular formula is C14H14N4O2S. The third-order valence-corrected chi connectivity index (χ3v) is 4.23. The molecule has 2 heterocycles. The molecule has 0 spiro atoms. The Morgan fingerprint density at radius 2 is 2.33 bits per heavy atom. The fourth-order valence-electron chi connectivity index (χ4n) is 2.09. The van der Waals surface area contributed by atoms with Gasteiger partial charge >= 0.3 is 0 Å². The highest BCUT2D eigenvalue weighted by Crippen LogP contribution is 2.32. The molecule has 3 N–H and O–H groups in total. The van der Waals surface area contributed by atoms with Crippen molar-refractivity contribution in [3.8, 4) is 0 Å². The second-order valence-corrected chi connectivity index (χ2v) is 5.73. The van der Waals surface area contributed by atoms with Crippen molar-refractivity contribution >= 4 is 29.3 Å². The van der Waals surface area contributed by atoms with Gasteiger partial charge < -0.3 is 15.6 Å². The number of hydrogen-bond acceptors (Lipinski definition) is 4. The number of rotatable bonds is 3. The fraction of sp³-hybridized carbons (Fsp3) is 0.214. The third kappa shape index (κ3) is 2.92. The summed E-state index contributed by atoms with van der Waals surface area (Å²) in [5.41, 5.74) is 1.20. The van der Waals surface area contributed by atoms with Crippen LogP contribution in [0.25, 0.3) is 0 Å². The zero-order valence-corrected chi connectivity index (χ0v) is 12.2. The maximum atomic E-state index is 12.2. The number of anilines is 1. The monoisotopic (exact) mass is 302 g/mol. The Labute approximate surface area is 125 Å². The number of imidazole rings is 1. The predicted octanol–water partition coefficient (Wildman–Crippen LogP) is 1.94. The van der Waals surface area contributed by atoms with E-state index in [4.69, 9.17) is 0 Å². The number of carbonyl (C=O) groups is 2. The molecule has 1 aromatic carbocycles. The summed E-state index contributed by atoms with van der Waals surface area (Å²) in [5, 5.41) is 5.64. The Morgan fingerprint density at radius 1 is 1.48 bits per heavy atom. The molecule has 108 valence electrons. The zero-order valence-electron chi connectivity index (χ0n) is 11.3. The highest BCUT2D eigenvalue weighted by molar-refractivity contribution is 8.00. The first-order valence-corrected chi connectivity index (χ1v) is 7.49. The number of H-pyrrole nitrogens is 1. The highest BCUT2D eigenvalue weighted by Gasteiger charge is 2.18. The lowest BCUT2D eigenvalue weighted by atomic mass is 10.1. The topological polar surface area (TPSA) is 86.9 Å². The summed E-state index contributed by atoms with van der Waals surface area (Å²) < 4.78 is 0. The number of nitrogens with one attached hydrogen (secondary N) is 3. The van der Waals surface area contributed by atoms with E-state index in [-0.39, 0.29) is 17.9 Å². The van der Waals surface area contributed by atoms with Crippen LogP contribution in [-0.4, -0.2) is 27.5 Å². The molecule has 1 atom stereocenters. The SMILES string of the molecule is CC(NC(=O)c1ccc2c(c1)NC(=O)CS2)c1ncc[nH]1. The molecule has 7 heteroatoms. The van der Waals surface area contributed by atoms with Gasteiger partial charge in [-0.1, -0.05) is 0 Å². The van der Waals surface area contributed by atoms with E-state index in [9.17, 15) is 9.59 Å². The average molecular weight is 302 g/mol. The number of nitrogens with zero attached hydrogens (tertiary/aromatic N) is 1. The molecule has 0 saturated carbocycles. The van der Waals surface area contributed by atoms with Crippen molar-refractivity contribution in [2.75, 3.05) is 11.1 Å². The average Bonchev–Trinajstić information content (AvgIpc) is 3.00. The van der Waals surface area contributed by atoms with Crippen molar-refractivity contribution in [3.63, 3.8) is 0 Å². The van der Waals surface area contributed by atoms with Crippen LogP contribution in [0.2, 0.25) is 0 Å². The number of hydrogen-bond donors (Lipinski definition) is 3. The lowest BCUT2D eigenvalue weighted by Crippen LogP contribution is -2.27. The van der Waals surface area contributed by atoms with E-state index in [1.165, 1.54) is 11.8 Å². The molecule has 2 amide bonds. The van der Waals surface area contributed by atoms with Gasteiger partial charge in [0.2, 0.25) is 5.91 Å². The van der Waals surface area contributed by atoms with E-state index in [2.05, 4.69) is 20.6 Å². The summed E-state index contributed by atoms with van der Waals surface area (Å²) >= 11 is 1.47. The van der Waals surface area contributed by atoms with E-state index in [1.54, 1.807) is 24.5 Å². The van der Waals surface area contributed by atoms with Gasteiger partial charge in [-0.2, -0.15) is 0 Å². The van der Waals surface area contributed by atoms with E-state index in [0.717, 1.165) is 4.90 Å². The van der Waals surface area contributed by atoms with Crippen LogP contribution >= 0.6 is 11.8 Å². The normalized spacial score (nSPS) is 15.0. The summed E-state index contributed by atoms with van der Waals surface area (Å²) in [6.45, 7) is 1.85. The molecule has 2 aromatic rings. The maximum absolute atomic E-state index is 12.2.